The third-order valence-electron chi connectivity index (χ3n) is 5.43. The molecule has 0 aromatic carbocycles. The molecule has 0 spiro atoms. The monoisotopic (exact) mass is 292 g/mol. The first-order valence-corrected chi connectivity index (χ1v) is 9.98. The molecule has 0 heterocycles. The van der Waals surface area contributed by atoms with E-state index in [-0.39, 0.29) is 12.1 Å². The number of rotatable bonds is 3. The van der Waals surface area contributed by atoms with Crippen LogP contribution in [-0.4, -0.2) is 29.6 Å². The fourth-order valence-corrected chi connectivity index (χ4v) is 8.04. The van der Waals surface area contributed by atoms with Gasteiger partial charge in [0.05, 0.1) is 7.14 Å². The van der Waals surface area contributed by atoms with Gasteiger partial charge in [-0.15, -0.1) is 0 Å². The molecule has 2 aliphatic rings. The number of nitrogens with zero attached hydrogens (tertiary/aromatic N) is 2. The van der Waals surface area contributed by atoms with Crippen LogP contribution in [0.3, 0.4) is 0 Å². The molecule has 0 atom stereocenters. The van der Waals surface area contributed by atoms with E-state index in [1.165, 1.54) is 0 Å². The van der Waals surface area contributed by atoms with E-state index >= 15 is 0 Å². The lowest BCUT2D eigenvalue weighted by molar-refractivity contribution is 0.433. The SMILES string of the molecule is [C-]#[N+]C1CCC(P(=O)(CC)C2CCC([N+]#[C-])CC2)CC1. The number of hydrogen-bond acceptors (Lipinski definition) is 1. The van der Waals surface area contributed by atoms with E-state index in [4.69, 9.17) is 13.1 Å². The molecule has 0 N–H and O–H groups in total. The van der Waals surface area contributed by atoms with Gasteiger partial charge in [0.1, 0.15) is 0 Å². The molecule has 0 radical (unpaired) electrons. The topological polar surface area (TPSA) is 25.8 Å². The van der Waals surface area contributed by atoms with E-state index < -0.39 is 7.14 Å². The Kier molecular flexibility index (Phi) is 5.29. The lowest BCUT2D eigenvalue weighted by atomic mass is 9.95. The lowest BCUT2D eigenvalue weighted by Gasteiger charge is -2.37. The molecule has 2 saturated carbocycles. The van der Waals surface area contributed by atoms with Crippen LogP contribution >= 0.6 is 7.14 Å². The first-order chi connectivity index (χ1) is 9.63. The Morgan fingerprint density at radius 3 is 1.45 bits per heavy atom. The molecule has 20 heavy (non-hydrogen) atoms. The summed E-state index contributed by atoms with van der Waals surface area (Å²) < 4.78 is 13.5. The van der Waals surface area contributed by atoms with E-state index in [1.807, 2.05) is 0 Å². The van der Waals surface area contributed by atoms with Gasteiger partial charge in [-0.05, 0) is 31.8 Å². The number of hydrogen-bond donors (Lipinski definition) is 0. The van der Waals surface area contributed by atoms with Crippen LogP contribution in [-0.2, 0) is 4.57 Å². The average Bonchev–Trinajstić information content (AvgIpc) is 2.54. The summed E-state index contributed by atoms with van der Waals surface area (Å²) in [5, 5.41) is 0. The maximum absolute atomic E-state index is 13.5. The van der Waals surface area contributed by atoms with Crippen molar-refractivity contribution in [2.75, 3.05) is 6.16 Å². The van der Waals surface area contributed by atoms with Crippen molar-refractivity contribution in [2.24, 2.45) is 0 Å². The van der Waals surface area contributed by atoms with Gasteiger partial charge < -0.3 is 14.3 Å². The van der Waals surface area contributed by atoms with Crippen LogP contribution in [0, 0.1) is 13.1 Å². The zero-order chi connectivity index (χ0) is 14.6. The first kappa shape index (κ1) is 15.6. The Labute approximate surface area is 123 Å². The third-order valence-corrected chi connectivity index (χ3v) is 9.92. The molecule has 2 rings (SSSR count). The van der Waals surface area contributed by atoms with Crippen molar-refractivity contribution in [3.8, 4) is 0 Å². The fraction of sp³-hybridized carbons (Fsp3) is 0.875. The zero-order valence-corrected chi connectivity index (χ0v) is 13.3. The van der Waals surface area contributed by atoms with Crippen LogP contribution in [0.25, 0.3) is 9.69 Å². The Bertz CT molecular complexity index is 408. The predicted molar refractivity (Wildman–Crippen MR) is 83.4 cm³/mol. The van der Waals surface area contributed by atoms with Crippen molar-refractivity contribution >= 4 is 7.14 Å². The smallest absolute Gasteiger partial charge is 0.223 e. The van der Waals surface area contributed by atoms with Crippen LogP contribution in [0.2, 0.25) is 0 Å². The fourth-order valence-electron chi connectivity index (χ4n) is 4.06. The molecule has 0 bridgehead atoms. The van der Waals surface area contributed by atoms with E-state index in [1.54, 1.807) is 0 Å². The third kappa shape index (κ3) is 3.10. The van der Waals surface area contributed by atoms with Crippen molar-refractivity contribution in [3.63, 3.8) is 0 Å². The first-order valence-electron chi connectivity index (χ1n) is 7.95. The minimum Gasteiger partial charge on any atom is -0.323 e. The molecule has 3 nitrogen and oxygen atoms in total. The van der Waals surface area contributed by atoms with Gasteiger partial charge in [-0.2, -0.15) is 0 Å². The summed E-state index contributed by atoms with van der Waals surface area (Å²) in [6.45, 7) is 16.3. The highest BCUT2D eigenvalue weighted by atomic mass is 31.2. The summed E-state index contributed by atoms with van der Waals surface area (Å²) in [6, 6.07) is 0.351. The Morgan fingerprint density at radius 2 is 1.20 bits per heavy atom. The second-order valence-electron chi connectivity index (χ2n) is 6.35. The largest absolute Gasteiger partial charge is 0.323 e. The van der Waals surface area contributed by atoms with Crippen LogP contribution in [0.4, 0.5) is 0 Å². The van der Waals surface area contributed by atoms with E-state index in [2.05, 4.69) is 16.6 Å². The van der Waals surface area contributed by atoms with Gasteiger partial charge in [0.25, 0.3) is 0 Å². The van der Waals surface area contributed by atoms with Crippen molar-refractivity contribution in [1.82, 2.24) is 0 Å². The highest BCUT2D eigenvalue weighted by Gasteiger charge is 2.43. The standard InChI is InChI=1S/C16H25N2OP/c1-4-20(19,15-9-5-13(17-2)6-10-15)16-11-7-14(18-3)8-12-16/h13-16H,4-12H2,1H3. The molecule has 2 fully saturated rings. The predicted octanol–water partition coefficient (Wildman–Crippen LogP) is 4.83. The minimum atomic E-state index is -2.13. The maximum Gasteiger partial charge on any atom is 0.223 e. The summed E-state index contributed by atoms with van der Waals surface area (Å²) in [5.41, 5.74) is 0.722. The summed E-state index contributed by atoms with van der Waals surface area (Å²) >= 11 is 0. The molecule has 0 amide bonds. The maximum atomic E-state index is 13.5. The molecule has 110 valence electrons. The van der Waals surface area contributed by atoms with Gasteiger partial charge in [-0.3, -0.25) is 0 Å². The van der Waals surface area contributed by atoms with Gasteiger partial charge >= 0.3 is 0 Å². The second kappa shape index (κ2) is 6.78. The zero-order valence-electron chi connectivity index (χ0n) is 12.4. The van der Waals surface area contributed by atoms with Crippen molar-refractivity contribution < 1.29 is 4.57 Å². The van der Waals surface area contributed by atoms with Gasteiger partial charge in [0.15, 0.2) is 0 Å². The molecule has 4 heteroatoms. The highest BCUT2D eigenvalue weighted by Crippen LogP contribution is 2.62. The van der Waals surface area contributed by atoms with Crippen LogP contribution < -0.4 is 0 Å². The molecule has 0 aromatic rings. The second-order valence-corrected chi connectivity index (χ2v) is 10.2. The van der Waals surface area contributed by atoms with E-state index in [9.17, 15) is 4.57 Å². The van der Waals surface area contributed by atoms with Crippen LogP contribution in [0.5, 0.6) is 0 Å². The van der Waals surface area contributed by atoms with Crippen molar-refractivity contribution in [3.05, 3.63) is 22.8 Å². The van der Waals surface area contributed by atoms with E-state index in [0.29, 0.717) is 11.3 Å². The Hall–Kier alpha value is -0.790. The molecule has 2 aliphatic carbocycles. The normalized spacial score (nSPS) is 37.4. The quantitative estimate of drug-likeness (QED) is 0.540. The molecular weight excluding hydrogens is 267 g/mol. The molecule has 0 unspecified atom stereocenters. The minimum absolute atomic E-state index is 0.175. The molecular formula is C16H25N2OP. The Morgan fingerprint density at radius 1 is 0.850 bits per heavy atom. The average molecular weight is 292 g/mol. The van der Waals surface area contributed by atoms with Gasteiger partial charge in [-0.25, -0.2) is 13.1 Å². The molecule has 0 saturated heterocycles. The molecule has 0 aromatic heterocycles. The summed E-state index contributed by atoms with van der Waals surface area (Å²) in [6.07, 6.45) is 8.52. The van der Waals surface area contributed by atoms with Crippen LogP contribution in [0.1, 0.15) is 58.3 Å². The summed E-state index contributed by atoms with van der Waals surface area (Å²) in [4.78, 5) is 7.30. The van der Waals surface area contributed by atoms with E-state index in [0.717, 1.165) is 57.5 Å². The van der Waals surface area contributed by atoms with Gasteiger partial charge in [-0.1, -0.05) is 6.92 Å². The highest BCUT2D eigenvalue weighted by molar-refractivity contribution is 7.65. The lowest BCUT2D eigenvalue weighted by Crippen LogP contribution is -2.29. The van der Waals surface area contributed by atoms with Gasteiger partial charge in [0.2, 0.25) is 12.1 Å². The van der Waals surface area contributed by atoms with Crippen molar-refractivity contribution in [2.45, 2.75) is 81.7 Å². The van der Waals surface area contributed by atoms with Gasteiger partial charge in [0, 0.05) is 37.0 Å². The van der Waals surface area contributed by atoms with Crippen molar-refractivity contribution in [1.29, 1.82) is 0 Å². The Balaban J connectivity index is 2.01. The van der Waals surface area contributed by atoms with Crippen LogP contribution in [0.15, 0.2) is 0 Å². The molecule has 0 aliphatic heterocycles. The summed E-state index contributed by atoms with van der Waals surface area (Å²) in [5.74, 6) is 0. The summed E-state index contributed by atoms with van der Waals surface area (Å²) in [7, 11) is -2.13.